The Hall–Kier alpha value is -1.96. The second-order valence-electron chi connectivity index (χ2n) is 12.5. The third-order valence-electron chi connectivity index (χ3n) is 16.6. The monoisotopic (exact) mass is 390 g/mol. The van der Waals surface area contributed by atoms with Gasteiger partial charge < -0.3 is 0 Å². The van der Waals surface area contributed by atoms with Crippen molar-refractivity contribution >= 4 is 11.8 Å². The average Bonchev–Trinajstić information content (AvgIpc) is 3.52. The number of carbonyl (C=O) groups excluding carboxylic acids is 1. The number of ketones is 1. The van der Waals surface area contributed by atoms with E-state index >= 15 is 0 Å². The van der Waals surface area contributed by atoms with Gasteiger partial charge in [0.2, 0.25) is 0 Å². The molecule has 1 spiro atoms. The molecule has 0 saturated carbocycles. The molecule has 6 heteroatoms. The van der Waals surface area contributed by atoms with E-state index in [0.29, 0.717) is 4.31 Å². The third-order valence-corrected chi connectivity index (χ3v) is 58.8. The normalized spacial score (nSPS) is 81.0. The predicted molar refractivity (Wildman–Crippen MR) is 85.3 cm³/mol. The number of rotatable bonds is 2. The van der Waals surface area contributed by atoms with Crippen LogP contribution in [0.15, 0.2) is 12.1 Å². The first-order valence-electron chi connectivity index (χ1n) is 9.24. The Morgan fingerprint density at radius 1 is 0.885 bits per heavy atom. The van der Waals surface area contributed by atoms with Crippen LogP contribution in [0, 0.1) is 11.8 Å². The van der Waals surface area contributed by atoms with E-state index < -0.39 is 29.8 Å². The predicted octanol–water partition coefficient (Wildman–Crippen LogP) is 3.74. The molecule has 0 aliphatic carbocycles. The van der Waals surface area contributed by atoms with Gasteiger partial charge in [0.15, 0.2) is 0 Å². The van der Waals surface area contributed by atoms with Gasteiger partial charge in [-0.3, -0.25) is 0 Å². The first-order chi connectivity index (χ1) is 12.2. The summed E-state index contributed by atoms with van der Waals surface area (Å²) >= 11 is 0. The van der Waals surface area contributed by atoms with Gasteiger partial charge in [0.25, 0.3) is 0 Å². The fourth-order valence-electron chi connectivity index (χ4n) is 17.7. The van der Waals surface area contributed by atoms with Crippen LogP contribution in [0.4, 0.5) is 0 Å². The number of Topliss-reactive ketones (excluding diaryl/α,β-unsaturated/α-hetero) is 1. The van der Waals surface area contributed by atoms with Gasteiger partial charge in [0.05, 0.1) is 0 Å². The summed E-state index contributed by atoms with van der Waals surface area (Å²) in [6.07, 6.45) is 0. The topological polar surface area (TPSA) is 94.8 Å². The van der Waals surface area contributed by atoms with Crippen LogP contribution in [0.3, 0.4) is 0 Å². The minimum absolute atomic E-state index is 0.112. The first kappa shape index (κ1) is 11.0. The molecule has 26 heavy (non-hydrogen) atoms. The van der Waals surface area contributed by atoms with Gasteiger partial charge in [-0.25, -0.2) is 0 Å². The number of aromatic carboxylic acids is 1. The second-order valence-corrected chi connectivity index (χ2v) is 36.0. The molecule has 132 valence electrons. The third kappa shape index (κ3) is 0.168. The molecule has 10 aliphatic rings. The maximum absolute atomic E-state index is 12.7. The standard InChI is InChI=1S/C15H9O5.C5H5.Fe/c16-12(6-5-9-3-1-2-4-9)10-7-11(15(19)20)14(18)8-13(10)17;1-2-4-5-3-1;/h1-4,7-8,17-18H,(H,19,20);1-5H;. The van der Waals surface area contributed by atoms with Crippen LogP contribution in [0.25, 0.3) is 0 Å². The molecule has 0 radical (unpaired) electrons. The Kier molecular flexibility index (Phi) is 0.493. The Morgan fingerprint density at radius 3 is 1.85 bits per heavy atom. The molecule has 10 heterocycles. The van der Waals surface area contributed by atoms with E-state index in [1.54, 1.807) is 0 Å². The fraction of sp³-hybridized carbons (Fsp3) is 0.500. The zero-order valence-corrected chi connectivity index (χ0v) is 14.5. The summed E-state index contributed by atoms with van der Waals surface area (Å²) in [5.74, 6) is 3.60. The van der Waals surface area contributed by atoms with Gasteiger partial charge >= 0.3 is 137 Å². The van der Waals surface area contributed by atoms with Gasteiger partial charge in [-0.05, 0) is 0 Å². The molecule has 10 fully saturated rings. The molecule has 3 N–H and O–H groups in total. The summed E-state index contributed by atoms with van der Waals surface area (Å²) in [6.45, 7) is -3.34. The number of carbonyl (C=O) groups is 2. The molecular weight excluding hydrogens is 376 g/mol. The summed E-state index contributed by atoms with van der Waals surface area (Å²) in [4.78, 5) is 33.7. The quantitative estimate of drug-likeness (QED) is 0.310. The van der Waals surface area contributed by atoms with E-state index in [1.807, 2.05) is 0 Å². The zero-order valence-electron chi connectivity index (χ0n) is 13.4. The number of aromatic hydroxyl groups is 2. The van der Waals surface area contributed by atoms with E-state index in [4.69, 9.17) is 5.11 Å². The van der Waals surface area contributed by atoms with Crippen LogP contribution < -0.4 is 0 Å². The minimum atomic E-state index is -3.34. The van der Waals surface area contributed by atoms with Crippen LogP contribution in [0.5, 0.6) is 11.5 Å². The van der Waals surface area contributed by atoms with Crippen molar-refractivity contribution in [1.29, 1.82) is 0 Å². The number of phenols is 2. The number of hydrogen-bond acceptors (Lipinski definition) is 4. The molecule has 4 atom stereocenters. The van der Waals surface area contributed by atoms with Gasteiger partial charge in [-0.15, -0.1) is 0 Å². The van der Waals surface area contributed by atoms with Crippen molar-refractivity contribution in [1.82, 2.24) is 0 Å². The Morgan fingerprint density at radius 2 is 1.42 bits per heavy atom. The van der Waals surface area contributed by atoms with Crippen molar-refractivity contribution in [2.24, 2.45) is 0 Å². The molecule has 0 amide bonds. The van der Waals surface area contributed by atoms with Crippen LogP contribution >= 0.6 is 0 Å². The van der Waals surface area contributed by atoms with Gasteiger partial charge in [-0.1, -0.05) is 0 Å². The average molecular weight is 390 g/mol. The van der Waals surface area contributed by atoms with Crippen molar-refractivity contribution in [2.75, 3.05) is 0 Å². The summed E-state index contributed by atoms with van der Waals surface area (Å²) in [6, 6.07) is 1.96. The van der Waals surface area contributed by atoms with Crippen LogP contribution in [-0.2, 0) is 6.51 Å². The molecule has 5 nitrogen and oxygen atoms in total. The van der Waals surface area contributed by atoms with E-state index in [-0.39, 0.29) is 11.1 Å². The Balaban J connectivity index is 1.12. The van der Waals surface area contributed by atoms with Crippen molar-refractivity contribution < 1.29 is 31.4 Å². The summed E-state index contributed by atoms with van der Waals surface area (Å²) in [5.41, 5.74) is -0.495. The fourth-order valence-corrected chi connectivity index (χ4v) is 90.6. The second kappa shape index (κ2) is 1.16. The molecule has 11 rings (SSSR count). The van der Waals surface area contributed by atoms with E-state index in [0.717, 1.165) is 55.5 Å². The molecule has 0 bridgehead atoms. The number of phenolic OH excluding ortho intramolecular Hbond substituents is 1. The molecule has 1 aromatic rings. The molecule has 10 saturated heterocycles. The van der Waals surface area contributed by atoms with Crippen LogP contribution in [-0.4, -0.2) is 27.1 Å². The SMILES string of the molecule is O=C(O)c1cc(C(=O)C#C[C]23[CH]4[CH]5[CH]6[CH]2[Fe]56432789[CH]3[CH]2[CH]7[CH]8[CH]39)c(O)cc1O. The van der Waals surface area contributed by atoms with Crippen molar-refractivity contribution in [3.63, 3.8) is 0 Å². The molecule has 1 aromatic carbocycles. The van der Waals surface area contributed by atoms with E-state index in [1.165, 1.54) is 0 Å². The number of benzene rings is 1. The number of fused-ring (bicyclic) bond motifs is 10. The first-order valence-corrected chi connectivity index (χ1v) is 15.5. The van der Waals surface area contributed by atoms with Crippen LogP contribution in [0.1, 0.15) is 20.7 Å². The summed E-state index contributed by atoms with van der Waals surface area (Å²) in [7, 11) is 0. The van der Waals surface area contributed by atoms with Crippen molar-refractivity contribution in [3.8, 4) is 23.3 Å². The Bertz CT molecular complexity index is 1520. The Labute approximate surface area is 137 Å². The van der Waals surface area contributed by atoms with Crippen LogP contribution in [0.2, 0.25) is 47.7 Å². The molecule has 0 aromatic heterocycles. The molecule has 4 unspecified atom stereocenters. The van der Waals surface area contributed by atoms with Crippen molar-refractivity contribution in [2.45, 2.75) is 47.7 Å². The molecule has 10 aliphatic heterocycles. The number of hydrogen-bond donors (Lipinski definition) is 3. The molecular formula is C20H14FeO5. The van der Waals surface area contributed by atoms with E-state index in [9.17, 15) is 19.8 Å². The number of carboxylic acids is 1. The zero-order chi connectivity index (χ0) is 17.3. The summed E-state index contributed by atoms with van der Waals surface area (Å²) < 4.78 is 0.302. The van der Waals surface area contributed by atoms with Gasteiger partial charge in [0, 0.05) is 0 Å². The van der Waals surface area contributed by atoms with E-state index in [2.05, 4.69) is 11.8 Å². The van der Waals surface area contributed by atoms with Gasteiger partial charge in [0.1, 0.15) is 0 Å². The maximum atomic E-state index is 12.7. The number of carboxylic acid groups (broad SMARTS) is 1. The van der Waals surface area contributed by atoms with Gasteiger partial charge in [-0.2, -0.15) is 0 Å². The summed E-state index contributed by atoms with van der Waals surface area (Å²) in [5, 5.41) is 28.8. The van der Waals surface area contributed by atoms with Crippen molar-refractivity contribution in [3.05, 3.63) is 23.3 Å².